The summed E-state index contributed by atoms with van der Waals surface area (Å²) in [5, 5.41) is 8.75. The van der Waals surface area contributed by atoms with Gasteiger partial charge in [0.2, 0.25) is 0 Å². The van der Waals surface area contributed by atoms with Crippen molar-refractivity contribution in [3.63, 3.8) is 0 Å². The number of ether oxygens (including phenoxy) is 2. The lowest BCUT2D eigenvalue weighted by Gasteiger charge is -2.08. The largest absolute Gasteiger partial charge is 0.494 e. The van der Waals surface area contributed by atoms with E-state index in [1.165, 1.54) is 0 Å². The summed E-state index contributed by atoms with van der Waals surface area (Å²) in [6.45, 7) is 1.40. The third kappa shape index (κ3) is 7.04. The summed E-state index contributed by atoms with van der Waals surface area (Å²) >= 11 is 7.34. The van der Waals surface area contributed by atoms with Crippen LogP contribution in [-0.2, 0) is 0 Å². The van der Waals surface area contributed by atoms with Crippen molar-refractivity contribution >= 4 is 23.4 Å². The number of unbranched alkanes of at least 4 members (excludes halogenated alkanes) is 1. The van der Waals surface area contributed by atoms with Crippen molar-refractivity contribution in [2.75, 3.05) is 25.7 Å². The summed E-state index contributed by atoms with van der Waals surface area (Å²) in [6, 6.07) is 16.1. The van der Waals surface area contributed by atoms with Crippen LogP contribution in [0.25, 0.3) is 0 Å². The second kappa shape index (κ2) is 11.2. The van der Waals surface area contributed by atoms with Gasteiger partial charge in [-0.25, -0.2) is 0 Å². The fourth-order valence-corrected chi connectivity index (χ4v) is 2.99. The monoisotopic (exact) mass is 366 g/mol. The van der Waals surface area contributed by atoms with Gasteiger partial charge in [-0.15, -0.1) is 11.6 Å². The maximum Gasteiger partial charge on any atom is 0.119 e. The number of rotatable bonds is 11. The Morgan fingerprint density at radius 1 is 0.750 bits per heavy atom. The van der Waals surface area contributed by atoms with Gasteiger partial charge < -0.3 is 14.6 Å². The molecule has 3 nitrogen and oxygen atoms in total. The predicted molar refractivity (Wildman–Crippen MR) is 99.7 cm³/mol. The first kappa shape index (κ1) is 19.0. The predicted octanol–water partition coefficient (Wildman–Crippen LogP) is 5.00. The van der Waals surface area contributed by atoms with E-state index in [-0.39, 0.29) is 6.61 Å². The Morgan fingerprint density at radius 2 is 1.25 bits per heavy atom. The zero-order chi connectivity index (χ0) is 17.0. The van der Waals surface area contributed by atoms with Crippen molar-refractivity contribution in [1.82, 2.24) is 0 Å². The van der Waals surface area contributed by atoms with Gasteiger partial charge in [0.05, 0.1) is 13.2 Å². The van der Waals surface area contributed by atoms with Crippen LogP contribution in [0.5, 0.6) is 11.5 Å². The molecule has 5 heteroatoms. The van der Waals surface area contributed by atoms with E-state index in [0.29, 0.717) is 25.5 Å². The zero-order valence-electron chi connectivity index (χ0n) is 13.6. The molecule has 0 atom stereocenters. The molecular formula is C19H23ClO3S. The van der Waals surface area contributed by atoms with Crippen LogP contribution >= 0.6 is 23.4 Å². The van der Waals surface area contributed by atoms with Crippen LogP contribution in [0.3, 0.4) is 0 Å². The van der Waals surface area contributed by atoms with Gasteiger partial charge in [0.25, 0.3) is 0 Å². The second-order valence-corrected chi connectivity index (χ2v) is 6.74. The summed E-state index contributed by atoms with van der Waals surface area (Å²) in [7, 11) is 0. The molecule has 2 aromatic rings. The molecule has 0 aliphatic rings. The SMILES string of the molecule is OCCCOc1ccc(Sc2ccc(OCCCCCl)cc2)cc1. The molecule has 0 fully saturated rings. The van der Waals surface area contributed by atoms with E-state index >= 15 is 0 Å². The van der Waals surface area contributed by atoms with Gasteiger partial charge in [0.1, 0.15) is 11.5 Å². The first-order valence-electron chi connectivity index (χ1n) is 8.12. The lowest BCUT2D eigenvalue weighted by Crippen LogP contribution is -1.99. The Bertz CT molecular complexity index is 572. The summed E-state index contributed by atoms with van der Waals surface area (Å²) in [5.41, 5.74) is 0. The van der Waals surface area contributed by atoms with Crippen LogP contribution in [0.4, 0.5) is 0 Å². The topological polar surface area (TPSA) is 38.7 Å². The van der Waals surface area contributed by atoms with Gasteiger partial charge in [-0.1, -0.05) is 11.8 Å². The van der Waals surface area contributed by atoms with E-state index in [1.807, 2.05) is 36.4 Å². The molecule has 0 radical (unpaired) electrons. The Hall–Kier alpha value is -1.36. The van der Waals surface area contributed by atoms with Crippen LogP contribution in [0, 0.1) is 0 Å². The number of aliphatic hydroxyl groups excluding tert-OH is 1. The Kier molecular flexibility index (Phi) is 8.88. The van der Waals surface area contributed by atoms with Crippen molar-refractivity contribution in [1.29, 1.82) is 0 Å². The molecule has 0 aliphatic heterocycles. The smallest absolute Gasteiger partial charge is 0.119 e. The fourth-order valence-electron chi connectivity index (χ4n) is 1.99. The van der Waals surface area contributed by atoms with Gasteiger partial charge in [0.15, 0.2) is 0 Å². The lowest BCUT2D eigenvalue weighted by molar-refractivity contribution is 0.233. The van der Waals surface area contributed by atoms with E-state index in [2.05, 4.69) is 12.1 Å². The minimum Gasteiger partial charge on any atom is -0.494 e. The molecule has 2 rings (SSSR count). The molecule has 0 bridgehead atoms. The highest BCUT2D eigenvalue weighted by Crippen LogP contribution is 2.30. The minimum atomic E-state index is 0.153. The zero-order valence-corrected chi connectivity index (χ0v) is 15.2. The molecule has 2 aromatic carbocycles. The van der Waals surface area contributed by atoms with E-state index in [0.717, 1.165) is 34.1 Å². The first-order chi connectivity index (χ1) is 11.8. The maximum absolute atomic E-state index is 8.75. The summed E-state index contributed by atoms with van der Waals surface area (Å²) in [5.74, 6) is 2.40. The molecular weight excluding hydrogens is 344 g/mol. The van der Waals surface area contributed by atoms with E-state index in [1.54, 1.807) is 11.8 Å². The summed E-state index contributed by atoms with van der Waals surface area (Å²) in [6.07, 6.45) is 2.61. The van der Waals surface area contributed by atoms with Crippen LogP contribution in [0.2, 0.25) is 0 Å². The highest BCUT2D eigenvalue weighted by Gasteiger charge is 2.00. The van der Waals surface area contributed by atoms with Gasteiger partial charge >= 0.3 is 0 Å². The van der Waals surface area contributed by atoms with Gasteiger partial charge in [-0.2, -0.15) is 0 Å². The molecule has 0 aliphatic carbocycles. The molecule has 0 amide bonds. The van der Waals surface area contributed by atoms with Crippen molar-refractivity contribution in [2.24, 2.45) is 0 Å². The van der Waals surface area contributed by atoms with E-state index in [4.69, 9.17) is 26.2 Å². The van der Waals surface area contributed by atoms with Crippen molar-refractivity contribution in [3.8, 4) is 11.5 Å². The van der Waals surface area contributed by atoms with Gasteiger partial charge in [0, 0.05) is 28.7 Å². The molecule has 130 valence electrons. The lowest BCUT2D eigenvalue weighted by atomic mass is 10.3. The summed E-state index contributed by atoms with van der Waals surface area (Å²) < 4.78 is 11.2. The van der Waals surface area contributed by atoms with Crippen LogP contribution < -0.4 is 9.47 Å². The minimum absolute atomic E-state index is 0.153. The van der Waals surface area contributed by atoms with Crippen molar-refractivity contribution in [3.05, 3.63) is 48.5 Å². The average Bonchev–Trinajstić information content (AvgIpc) is 2.62. The molecule has 0 spiro atoms. The van der Waals surface area contributed by atoms with Crippen molar-refractivity contribution < 1.29 is 14.6 Å². The molecule has 0 heterocycles. The van der Waals surface area contributed by atoms with E-state index in [9.17, 15) is 0 Å². The Labute approximate surface area is 152 Å². The van der Waals surface area contributed by atoms with Crippen molar-refractivity contribution in [2.45, 2.75) is 29.1 Å². The van der Waals surface area contributed by atoms with Gasteiger partial charge in [-0.3, -0.25) is 0 Å². The molecule has 24 heavy (non-hydrogen) atoms. The number of alkyl halides is 1. The van der Waals surface area contributed by atoms with Crippen LogP contribution in [0.1, 0.15) is 19.3 Å². The Morgan fingerprint density at radius 3 is 1.71 bits per heavy atom. The molecule has 0 saturated heterocycles. The molecule has 1 N–H and O–H groups in total. The number of hydrogen-bond donors (Lipinski definition) is 1. The van der Waals surface area contributed by atoms with E-state index < -0.39 is 0 Å². The molecule has 0 unspecified atom stereocenters. The standard InChI is InChI=1S/C19H23ClO3S/c20-12-1-2-14-22-16-4-8-18(9-5-16)24-19-10-6-17(7-11-19)23-15-3-13-21/h4-11,21H,1-3,12-15H2. The summed E-state index contributed by atoms with van der Waals surface area (Å²) in [4.78, 5) is 2.32. The molecule has 0 aromatic heterocycles. The highest BCUT2D eigenvalue weighted by molar-refractivity contribution is 7.99. The van der Waals surface area contributed by atoms with Crippen LogP contribution in [0.15, 0.2) is 58.3 Å². The maximum atomic E-state index is 8.75. The van der Waals surface area contributed by atoms with Crippen LogP contribution in [-0.4, -0.2) is 30.8 Å². The number of benzene rings is 2. The third-order valence-corrected chi connectivity index (χ3v) is 4.53. The number of halogens is 1. The highest BCUT2D eigenvalue weighted by atomic mass is 35.5. The third-order valence-electron chi connectivity index (χ3n) is 3.25. The first-order valence-corrected chi connectivity index (χ1v) is 9.47. The average molecular weight is 367 g/mol. The molecule has 0 saturated carbocycles. The normalized spacial score (nSPS) is 10.6. The Balaban J connectivity index is 1.80. The number of aliphatic hydroxyl groups is 1. The van der Waals surface area contributed by atoms with Gasteiger partial charge in [-0.05, 0) is 61.4 Å². The number of hydrogen-bond acceptors (Lipinski definition) is 4. The fraction of sp³-hybridized carbons (Fsp3) is 0.368. The quantitative estimate of drug-likeness (QED) is 0.449. The second-order valence-electron chi connectivity index (χ2n) is 5.22.